The highest BCUT2D eigenvalue weighted by atomic mass is 19.1. The van der Waals surface area contributed by atoms with Gasteiger partial charge in [-0.2, -0.15) is 0 Å². The Hall–Kier alpha value is -1.44. The van der Waals surface area contributed by atoms with Crippen LogP contribution in [0.2, 0.25) is 0 Å². The number of ketones is 2. The summed E-state index contributed by atoms with van der Waals surface area (Å²) >= 11 is 0. The highest BCUT2D eigenvalue weighted by Gasteiger charge is 2.77. The van der Waals surface area contributed by atoms with Gasteiger partial charge in [0.05, 0.1) is 12.2 Å². The predicted octanol–water partition coefficient (Wildman–Crippen LogP) is 2.71. The second kappa shape index (κ2) is 6.33. The summed E-state index contributed by atoms with van der Waals surface area (Å²) < 4.78 is 27.8. The van der Waals surface area contributed by atoms with Gasteiger partial charge in [-0.15, -0.1) is 0 Å². The molecule has 4 fully saturated rings. The molecule has 170 valence electrons. The average molecular weight is 435 g/mol. The zero-order valence-electron chi connectivity index (χ0n) is 18.5. The number of aliphatic hydroxyl groups is 1. The van der Waals surface area contributed by atoms with Crippen molar-refractivity contribution in [2.45, 2.75) is 89.6 Å². The van der Waals surface area contributed by atoms with Gasteiger partial charge in [0, 0.05) is 11.8 Å². The molecule has 1 aliphatic heterocycles. The molecule has 0 aromatic carbocycles. The van der Waals surface area contributed by atoms with Crippen molar-refractivity contribution in [2.75, 3.05) is 0 Å². The Bertz CT molecular complexity index is 897. The first-order valence-corrected chi connectivity index (χ1v) is 11.3. The number of rotatable bonds is 2. The van der Waals surface area contributed by atoms with Gasteiger partial charge in [0.2, 0.25) is 5.78 Å². The second-order valence-corrected chi connectivity index (χ2v) is 11.2. The molecular weight excluding hydrogens is 403 g/mol. The van der Waals surface area contributed by atoms with E-state index in [-0.39, 0.29) is 36.4 Å². The third-order valence-electron chi connectivity index (χ3n) is 9.34. The quantitative estimate of drug-likeness (QED) is 0.531. The van der Waals surface area contributed by atoms with E-state index >= 15 is 4.39 Å². The van der Waals surface area contributed by atoms with E-state index in [2.05, 4.69) is 0 Å². The Morgan fingerprint density at radius 2 is 1.97 bits per heavy atom. The van der Waals surface area contributed by atoms with E-state index in [9.17, 15) is 19.5 Å². The maximum atomic E-state index is 15.5. The number of fused-ring (bicyclic) bond motifs is 7. The van der Waals surface area contributed by atoms with E-state index < -0.39 is 46.4 Å². The van der Waals surface area contributed by atoms with Crippen molar-refractivity contribution >= 4 is 17.9 Å². The summed E-state index contributed by atoms with van der Waals surface area (Å²) in [6.45, 7) is 7.31. The maximum absolute atomic E-state index is 15.5. The molecule has 7 heteroatoms. The van der Waals surface area contributed by atoms with Gasteiger partial charge in [-0.25, -0.2) is 4.39 Å². The van der Waals surface area contributed by atoms with Crippen LogP contribution in [-0.4, -0.2) is 52.7 Å². The monoisotopic (exact) mass is 434 g/mol. The largest absolute Gasteiger partial charge is 0.393 e. The minimum Gasteiger partial charge on any atom is -0.393 e. The molecule has 5 aliphatic rings. The van der Waals surface area contributed by atoms with Crippen molar-refractivity contribution in [3.8, 4) is 0 Å². The number of aliphatic hydroxyl groups excluding tert-OH is 1. The lowest BCUT2D eigenvalue weighted by Crippen LogP contribution is -2.64. The highest BCUT2D eigenvalue weighted by molar-refractivity contribution is 6.29. The van der Waals surface area contributed by atoms with Crippen molar-refractivity contribution < 1.29 is 33.4 Å². The molecule has 4 aliphatic carbocycles. The zero-order valence-corrected chi connectivity index (χ0v) is 18.5. The van der Waals surface area contributed by atoms with Crippen molar-refractivity contribution in [2.24, 2.45) is 28.6 Å². The fourth-order valence-corrected chi connectivity index (χ4v) is 8.31. The van der Waals surface area contributed by atoms with Crippen LogP contribution >= 0.6 is 0 Å². The lowest BCUT2D eigenvalue weighted by molar-refractivity contribution is -0.226. The van der Waals surface area contributed by atoms with Gasteiger partial charge in [-0.05, 0) is 74.3 Å². The van der Waals surface area contributed by atoms with Gasteiger partial charge in [0.25, 0.3) is 0 Å². The van der Waals surface area contributed by atoms with E-state index in [1.807, 2.05) is 13.8 Å². The Balaban J connectivity index is 1.62. The van der Waals surface area contributed by atoms with Crippen LogP contribution in [0.3, 0.4) is 0 Å². The molecule has 0 radical (unpaired) electrons. The summed E-state index contributed by atoms with van der Waals surface area (Å²) in [6.07, 6.45) is 0.885. The number of alkyl halides is 1. The van der Waals surface area contributed by atoms with E-state index in [1.54, 1.807) is 13.8 Å². The normalized spacial score (nSPS) is 52.5. The lowest BCUT2D eigenvalue weighted by Gasteiger charge is -2.61. The van der Waals surface area contributed by atoms with Crippen molar-refractivity contribution in [1.82, 2.24) is 0 Å². The molecule has 6 nitrogen and oxygen atoms in total. The molecular formula is C24H31FO6. The molecule has 0 aromatic heterocycles. The molecule has 3 saturated carbocycles. The molecule has 1 saturated heterocycles. The molecule has 0 unspecified atom stereocenters. The number of allylic oxidation sites excluding steroid dienone is 1. The third kappa shape index (κ3) is 2.51. The molecule has 0 bridgehead atoms. The zero-order chi connectivity index (χ0) is 22.6. The predicted molar refractivity (Wildman–Crippen MR) is 108 cm³/mol. The number of ether oxygens (including phenoxy) is 2. The first kappa shape index (κ1) is 21.4. The Morgan fingerprint density at radius 3 is 2.65 bits per heavy atom. The van der Waals surface area contributed by atoms with Crippen LogP contribution in [-0.2, 0) is 23.9 Å². The van der Waals surface area contributed by atoms with Crippen LogP contribution < -0.4 is 0 Å². The first-order chi connectivity index (χ1) is 14.4. The molecule has 5 rings (SSSR count). The van der Waals surface area contributed by atoms with Gasteiger partial charge in [-0.3, -0.25) is 14.4 Å². The summed E-state index contributed by atoms with van der Waals surface area (Å²) in [4.78, 5) is 36.8. The summed E-state index contributed by atoms with van der Waals surface area (Å²) in [5.74, 6) is -2.30. The Kier molecular flexibility index (Phi) is 4.37. The van der Waals surface area contributed by atoms with Crippen LogP contribution in [0.4, 0.5) is 4.39 Å². The number of Topliss-reactive ketones (excluding diaryl/α,β-unsaturated/α-hetero) is 1. The number of carbonyl (C=O) groups is 3. The van der Waals surface area contributed by atoms with Crippen molar-refractivity contribution in [3.05, 3.63) is 11.6 Å². The topological polar surface area (TPSA) is 89.9 Å². The fraction of sp³-hybridized carbons (Fsp3) is 0.792. The molecule has 0 spiro atoms. The van der Waals surface area contributed by atoms with E-state index in [0.29, 0.717) is 31.1 Å². The van der Waals surface area contributed by atoms with Crippen LogP contribution in [0.15, 0.2) is 11.6 Å². The smallest absolute Gasteiger partial charge is 0.230 e. The standard InChI is InChI=1S/C24H31FO6/c1-21(2)30-19-9-14-13-8-16(25)15-7-12(27)5-6-22(15,3)20(13)17(28)10-23(14,4)24(19,31-21)18(29)11-26/h7,11,13-14,16-17,19-20,28H,5-6,8-10H2,1-4H3/t13-,14-,16-,17-,19+,20+,22-,23-,24+/m0/s1. The average Bonchev–Trinajstić information content (AvgIpc) is 3.08. The summed E-state index contributed by atoms with van der Waals surface area (Å²) in [7, 11) is 0. The van der Waals surface area contributed by atoms with Gasteiger partial charge in [0.1, 0.15) is 6.17 Å². The number of hydrogen-bond donors (Lipinski definition) is 1. The van der Waals surface area contributed by atoms with E-state index in [1.165, 1.54) is 6.08 Å². The molecule has 1 heterocycles. The highest BCUT2D eigenvalue weighted by Crippen LogP contribution is 2.70. The van der Waals surface area contributed by atoms with Crippen molar-refractivity contribution in [1.29, 1.82) is 0 Å². The van der Waals surface area contributed by atoms with E-state index in [4.69, 9.17) is 9.47 Å². The first-order valence-electron chi connectivity index (χ1n) is 11.3. The Morgan fingerprint density at radius 1 is 1.26 bits per heavy atom. The maximum Gasteiger partial charge on any atom is 0.230 e. The van der Waals surface area contributed by atoms with Gasteiger partial charge >= 0.3 is 0 Å². The summed E-state index contributed by atoms with van der Waals surface area (Å²) in [5.41, 5.74) is -2.41. The van der Waals surface area contributed by atoms with Gasteiger partial charge < -0.3 is 14.6 Å². The second-order valence-electron chi connectivity index (χ2n) is 11.2. The SMILES string of the molecule is CC1(C)O[C@@H]2C[C@H]3[C@@H]4C[C@H](F)C5=CC(=O)CC[C@]5(C)[C@H]4[C@@H](O)C[C@]3(C)[C@]2(C(=O)C=O)O1. The minimum atomic E-state index is -1.47. The molecule has 9 atom stereocenters. The van der Waals surface area contributed by atoms with Crippen LogP contribution in [0, 0.1) is 28.6 Å². The molecule has 31 heavy (non-hydrogen) atoms. The number of hydrogen-bond acceptors (Lipinski definition) is 6. The fourth-order valence-electron chi connectivity index (χ4n) is 8.31. The minimum absolute atomic E-state index is 0.0568. The molecule has 1 N–H and O–H groups in total. The van der Waals surface area contributed by atoms with E-state index in [0.717, 1.165) is 0 Å². The summed E-state index contributed by atoms with van der Waals surface area (Å²) in [5, 5.41) is 11.5. The number of carbonyl (C=O) groups excluding carboxylic acids is 3. The molecule has 0 amide bonds. The Labute approximate surface area is 181 Å². The molecule has 0 aromatic rings. The van der Waals surface area contributed by atoms with Gasteiger partial charge in [-0.1, -0.05) is 13.8 Å². The van der Waals surface area contributed by atoms with Gasteiger partial charge in [0.15, 0.2) is 23.5 Å². The summed E-state index contributed by atoms with van der Waals surface area (Å²) in [6, 6.07) is 0. The third-order valence-corrected chi connectivity index (χ3v) is 9.34. The van der Waals surface area contributed by atoms with Crippen molar-refractivity contribution in [3.63, 3.8) is 0 Å². The van der Waals surface area contributed by atoms with Crippen LogP contribution in [0.1, 0.15) is 59.8 Å². The lowest BCUT2D eigenvalue weighted by atomic mass is 9.45. The number of halogens is 1. The van der Waals surface area contributed by atoms with Crippen LogP contribution in [0.5, 0.6) is 0 Å². The number of aldehydes is 1. The van der Waals surface area contributed by atoms with Crippen LogP contribution in [0.25, 0.3) is 0 Å².